The first-order valence-electron chi connectivity index (χ1n) is 8.57. The predicted octanol–water partition coefficient (Wildman–Crippen LogP) is 3.90. The van der Waals surface area contributed by atoms with Gasteiger partial charge in [0.1, 0.15) is 0 Å². The topological polar surface area (TPSA) is 46.1 Å². The molecule has 1 saturated carbocycles. The molecule has 0 unspecified atom stereocenters. The fraction of sp³-hybridized carbons (Fsp3) is 0.350. The Labute approximate surface area is 143 Å². The van der Waals surface area contributed by atoms with Crippen molar-refractivity contribution in [1.82, 2.24) is 14.9 Å². The lowest BCUT2D eigenvalue weighted by atomic mass is 9.94. The summed E-state index contributed by atoms with van der Waals surface area (Å²) in [4.78, 5) is 22.9. The van der Waals surface area contributed by atoms with Crippen molar-refractivity contribution in [3.8, 4) is 0 Å². The number of carbonyl (C=O) groups excluding carboxylic acids is 1. The van der Waals surface area contributed by atoms with Gasteiger partial charge in [0.15, 0.2) is 0 Å². The molecule has 2 aromatic heterocycles. The van der Waals surface area contributed by atoms with Gasteiger partial charge in [-0.25, -0.2) is 0 Å². The molecule has 1 aliphatic carbocycles. The van der Waals surface area contributed by atoms with Crippen LogP contribution in [0.15, 0.2) is 60.7 Å². The predicted molar refractivity (Wildman–Crippen MR) is 93.9 cm³/mol. The molecule has 24 heavy (non-hydrogen) atoms. The molecular formula is C20H23N3O. The van der Waals surface area contributed by atoms with Crippen molar-refractivity contribution in [2.75, 3.05) is 0 Å². The van der Waals surface area contributed by atoms with Gasteiger partial charge in [-0.15, -0.1) is 0 Å². The van der Waals surface area contributed by atoms with E-state index in [2.05, 4.69) is 9.97 Å². The molecule has 0 saturated heterocycles. The van der Waals surface area contributed by atoms with Crippen LogP contribution in [0.25, 0.3) is 0 Å². The smallest absolute Gasteiger partial charge is 0.247 e. The number of amides is 1. The van der Waals surface area contributed by atoms with E-state index in [0.717, 1.165) is 24.0 Å². The molecule has 0 N–H and O–H groups in total. The Morgan fingerprint density at radius 2 is 1.71 bits per heavy atom. The average Bonchev–Trinajstić information content (AvgIpc) is 2.64. The maximum atomic E-state index is 12.8. The van der Waals surface area contributed by atoms with Crippen LogP contribution in [-0.2, 0) is 17.9 Å². The van der Waals surface area contributed by atoms with E-state index in [0.29, 0.717) is 13.1 Å². The minimum atomic E-state index is 0.0903. The van der Waals surface area contributed by atoms with E-state index in [1.807, 2.05) is 41.4 Å². The van der Waals surface area contributed by atoms with Crippen LogP contribution in [0.1, 0.15) is 43.2 Å². The first-order valence-corrected chi connectivity index (χ1v) is 8.57. The van der Waals surface area contributed by atoms with Gasteiger partial charge >= 0.3 is 0 Å². The van der Waals surface area contributed by atoms with Crippen LogP contribution in [0.3, 0.4) is 0 Å². The highest BCUT2D eigenvalue weighted by atomic mass is 16.2. The van der Waals surface area contributed by atoms with E-state index in [1.54, 1.807) is 18.6 Å². The molecule has 1 fully saturated rings. The molecule has 4 heteroatoms. The van der Waals surface area contributed by atoms with Crippen molar-refractivity contribution in [2.45, 2.75) is 45.2 Å². The van der Waals surface area contributed by atoms with Crippen LogP contribution in [0.2, 0.25) is 0 Å². The summed E-state index contributed by atoms with van der Waals surface area (Å²) in [6.07, 6.45) is 14.8. The maximum Gasteiger partial charge on any atom is 0.247 e. The number of aromatic nitrogens is 2. The molecule has 0 aliphatic heterocycles. The van der Waals surface area contributed by atoms with Crippen molar-refractivity contribution < 1.29 is 4.79 Å². The van der Waals surface area contributed by atoms with Gasteiger partial charge in [0.05, 0.1) is 0 Å². The largest absolute Gasteiger partial charge is 0.330 e. The van der Waals surface area contributed by atoms with Gasteiger partial charge in [0.25, 0.3) is 0 Å². The number of hydrogen-bond acceptors (Lipinski definition) is 3. The second kappa shape index (κ2) is 8.39. The summed E-state index contributed by atoms with van der Waals surface area (Å²) in [6.45, 7) is 1.15. The third-order valence-electron chi connectivity index (χ3n) is 4.35. The van der Waals surface area contributed by atoms with Crippen molar-refractivity contribution in [3.63, 3.8) is 0 Å². The number of pyridine rings is 2. The Morgan fingerprint density at radius 3 is 2.42 bits per heavy atom. The highest BCUT2D eigenvalue weighted by Crippen LogP contribution is 2.23. The van der Waals surface area contributed by atoms with E-state index < -0.39 is 0 Å². The SMILES string of the molecule is O=C(C=C1CCCCC1)N(Cc1ccncc1)Cc1cccnc1. The maximum absolute atomic E-state index is 12.8. The van der Waals surface area contributed by atoms with Gasteiger partial charge in [0, 0.05) is 44.0 Å². The zero-order valence-corrected chi connectivity index (χ0v) is 13.9. The van der Waals surface area contributed by atoms with Gasteiger partial charge < -0.3 is 4.90 Å². The van der Waals surface area contributed by atoms with E-state index in [4.69, 9.17) is 0 Å². The van der Waals surface area contributed by atoms with Gasteiger partial charge in [-0.05, 0) is 55.0 Å². The van der Waals surface area contributed by atoms with Crippen LogP contribution in [-0.4, -0.2) is 20.8 Å². The Kier molecular flexibility index (Phi) is 5.72. The molecule has 1 amide bonds. The van der Waals surface area contributed by atoms with Gasteiger partial charge in [-0.2, -0.15) is 0 Å². The lowest BCUT2D eigenvalue weighted by molar-refractivity contribution is -0.127. The summed E-state index contributed by atoms with van der Waals surface area (Å²) in [7, 11) is 0. The minimum absolute atomic E-state index is 0.0903. The lowest BCUT2D eigenvalue weighted by Crippen LogP contribution is -2.29. The van der Waals surface area contributed by atoms with Gasteiger partial charge in [-0.1, -0.05) is 18.1 Å². The number of hydrogen-bond donors (Lipinski definition) is 0. The standard InChI is InChI=1S/C20H23N3O/c24-20(13-17-5-2-1-3-6-17)23(15-18-8-11-21-12-9-18)16-19-7-4-10-22-14-19/h4,7-14H,1-3,5-6,15-16H2. The Bertz CT molecular complexity index is 633. The van der Waals surface area contributed by atoms with Crippen LogP contribution in [0, 0.1) is 0 Å². The van der Waals surface area contributed by atoms with E-state index >= 15 is 0 Å². The number of carbonyl (C=O) groups is 1. The normalized spacial score (nSPS) is 14.2. The fourth-order valence-corrected chi connectivity index (χ4v) is 3.05. The summed E-state index contributed by atoms with van der Waals surface area (Å²) >= 11 is 0. The highest BCUT2D eigenvalue weighted by Gasteiger charge is 2.15. The Balaban J connectivity index is 1.76. The van der Waals surface area contributed by atoms with Crippen LogP contribution in [0.4, 0.5) is 0 Å². The zero-order chi connectivity index (χ0) is 16.6. The van der Waals surface area contributed by atoms with Gasteiger partial charge in [0.2, 0.25) is 5.91 Å². The first-order chi connectivity index (χ1) is 11.8. The molecule has 3 rings (SSSR count). The highest BCUT2D eigenvalue weighted by molar-refractivity contribution is 5.88. The summed E-state index contributed by atoms with van der Waals surface area (Å²) in [5, 5.41) is 0. The van der Waals surface area contributed by atoms with E-state index in [-0.39, 0.29) is 5.91 Å². The summed E-state index contributed by atoms with van der Waals surface area (Å²) < 4.78 is 0. The average molecular weight is 321 g/mol. The molecule has 0 aromatic carbocycles. The van der Waals surface area contributed by atoms with Crippen molar-refractivity contribution >= 4 is 5.91 Å². The summed E-state index contributed by atoms with van der Waals surface area (Å²) in [6, 6.07) is 7.83. The molecular weight excluding hydrogens is 298 g/mol. The number of nitrogens with zero attached hydrogens (tertiary/aromatic N) is 3. The second-order valence-corrected chi connectivity index (χ2v) is 6.27. The van der Waals surface area contributed by atoms with Crippen LogP contribution in [0.5, 0.6) is 0 Å². The molecule has 2 aromatic rings. The molecule has 0 radical (unpaired) electrons. The molecule has 4 nitrogen and oxygen atoms in total. The van der Waals surface area contributed by atoms with Crippen molar-refractivity contribution in [3.05, 3.63) is 71.8 Å². The lowest BCUT2D eigenvalue weighted by Gasteiger charge is -2.23. The first kappa shape index (κ1) is 16.4. The monoisotopic (exact) mass is 321 g/mol. The number of allylic oxidation sites excluding steroid dienone is 1. The Hall–Kier alpha value is -2.49. The number of rotatable bonds is 5. The molecule has 1 aliphatic rings. The summed E-state index contributed by atoms with van der Waals surface area (Å²) in [5.74, 6) is 0.0903. The third-order valence-corrected chi connectivity index (χ3v) is 4.35. The Morgan fingerprint density at radius 1 is 0.958 bits per heavy atom. The van der Waals surface area contributed by atoms with E-state index in [1.165, 1.54) is 24.8 Å². The molecule has 0 bridgehead atoms. The molecule has 124 valence electrons. The summed E-state index contributed by atoms with van der Waals surface area (Å²) in [5.41, 5.74) is 3.42. The van der Waals surface area contributed by atoms with Crippen LogP contribution < -0.4 is 0 Å². The van der Waals surface area contributed by atoms with Crippen molar-refractivity contribution in [2.24, 2.45) is 0 Å². The van der Waals surface area contributed by atoms with Crippen LogP contribution >= 0.6 is 0 Å². The van der Waals surface area contributed by atoms with Crippen molar-refractivity contribution in [1.29, 1.82) is 0 Å². The fourth-order valence-electron chi connectivity index (χ4n) is 3.05. The van der Waals surface area contributed by atoms with Gasteiger partial charge in [-0.3, -0.25) is 14.8 Å². The minimum Gasteiger partial charge on any atom is -0.330 e. The van der Waals surface area contributed by atoms with E-state index in [9.17, 15) is 4.79 Å². The molecule has 0 spiro atoms. The molecule has 2 heterocycles. The zero-order valence-electron chi connectivity index (χ0n) is 13.9. The second-order valence-electron chi connectivity index (χ2n) is 6.27. The third kappa shape index (κ3) is 4.75. The quantitative estimate of drug-likeness (QED) is 0.785. The molecule has 0 atom stereocenters.